The summed E-state index contributed by atoms with van der Waals surface area (Å²) in [4.78, 5) is 38.0. The molecule has 33 heavy (non-hydrogen) atoms. The van der Waals surface area contributed by atoms with Crippen molar-refractivity contribution in [2.24, 2.45) is 0 Å². The predicted octanol–water partition coefficient (Wildman–Crippen LogP) is 2.62. The fraction of sp³-hybridized carbons (Fsp3) is 0.318. The molecule has 2 amide bonds. The predicted molar refractivity (Wildman–Crippen MR) is 125 cm³/mol. The summed E-state index contributed by atoms with van der Waals surface area (Å²) in [5, 5.41) is 2.93. The first kappa shape index (κ1) is 26.3. The molecule has 2 aromatic rings. The zero-order valence-electron chi connectivity index (χ0n) is 18.6. The van der Waals surface area contributed by atoms with Crippen LogP contribution < -0.4 is 5.32 Å². The van der Waals surface area contributed by atoms with Gasteiger partial charge in [-0.15, -0.1) is 0 Å². The molecule has 0 aliphatic rings. The minimum absolute atomic E-state index is 0.0251. The molecule has 2 aromatic carbocycles. The number of sulfonamides is 1. The highest BCUT2D eigenvalue weighted by Gasteiger charge is 2.24. The zero-order chi connectivity index (χ0) is 24.6. The fourth-order valence-electron chi connectivity index (χ4n) is 2.83. The summed E-state index contributed by atoms with van der Waals surface area (Å²) in [7, 11) is -2.69. The Labute approximate surface area is 198 Å². The molecule has 0 saturated heterocycles. The third kappa shape index (κ3) is 7.28. The molecule has 0 heterocycles. The fourth-order valence-corrected chi connectivity index (χ4v) is 4.07. The molecule has 0 spiro atoms. The second kappa shape index (κ2) is 11.8. The summed E-state index contributed by atoms with van der Waals surface area (Å²) in [5.74, 6) is -1.59. The molecular weight excluding hydrogens is 470 g/mol. The van der Waals surface area contributed by atoms with Crippen LogP contribution in [0.3, 0.4) is 0 Å². The average molecular weight is 496 g/mol. The van der Waals surface area contributed by atoms with Gasteiger partial charge in [-0.25, -0.2) is 8.42 Å². The molecule has 0 aromatic heterocycles. The van der Waals surface area contributed by atoms with Crippen LogP contribution in [0.2, 0.25) is 5.02 Å². The van der Waals surface area contributed by atoms with Gasteiger partial charge >= 0.3 is 5.97 Å². The van der Waals surface area contributed by atoms with Crippen LogP contribution in [0.25, 0.3) is 0 Å². The smallest absolute Gasteiger partial charge is 0.321 e. The van der Waals surface area contributed by atoms with Gasteiger partial charge in [0.2, 0.25) is 10.0 Å². The Morgan fingerprint density at radius 1 is 0.970 bits per heavy atom. The molecule has 0 fully saturated rings. The van der Waals surface area contributed by atoms with Gasteiger partial charge in [0.1, 0.15) is 6.54 Å². The van der Waals surface area contributed by atoms with E-state index in [9.17, 15) is 22.8 Å². The molecule has 2 rings (SSSR count). The van der Waals surface area contributed by atoms with Crippen LogP contribution in [0.5, 0.6) is 0 Å². The second-order valence-electron chi connectivity index (χ2n) is 6.98. The van der Waals surface area contributed by atoms with Crippen molar-refractivity contribution in [3.05, 3.63) is 59.1 Å². The summed E-state index contributed by atoms with van der Waals surface area (Å²) in [6, 6.07) is 11.8. The van der Waals surface area contributed by atoms with E-state index in [1.54, 1.807) is 29.2 Å². The SMILES string of the molecule is CCN(CC)C(=O)c1ccc(NC(=O)COC(=O)CN(C)S(=O)(=O)c2ccc(Cl)cc2)cc1. The van der Waals surface area contributed by atoms with Gasteiger partial charge in [-0.1, -0.05) is 11.6 Å². The molecule has 11 heteroatoms. The van der Waals surface area contributed by atoms with Crippen LogP contribution in [0.4, 0.5) is 5.69 Å². The first-order chi connectivity index (χ1) is 15.6. The van der Waals surface area contributed by atoms with E-state index in [-0.39, 0.29) is 10.8 Å². The van der Waals surface area contributed by atoms with Crippen molar-refractivity contribution in [1.82, 2.24) is 9.21 Å². The number of anilines is 1. The van der Waals surface area contributed by atoms with Crippen LogP contribution in [0, 0.1) is 0 Å². The standard InChI is InChI=1S/C22H26ClN3O6S/c1-4-26(5-2)22(29)16-6-10-18(11-7-16)24-20(27)15-32-21(28)14-25(3)33(30,31)19-12-8-17(23)9-13-19/h6-13H,4-5,14-15H2,1-3H3,(H,24,27). The lowest BCUT2D eigenvalue weighted by molar-refractivity contribution is -0.147. The average Bonchev–Trinajstić information content (AvgIpc) is 2.79. The van der Waals surface area contributed by atoms with Crippen molar-refractivity contribution < 1.29 is 27.5 Å². The van der Waals surface area contributed by atoms with E-state index < -0.39 is 35.1 Å². The van der Waals surface area contributed by atoms with Crippen LogP contribution in [0.15, 0.2) is 53.4 Å². The molecular formula is C22H26ClN3O6S. The lowest BCUT2D eigenvalue weighted by Gasteiger charge is -2.18. The number of esters is 1. The molecule has 0 radical (unpaired) electrons. The van der Waals surface area contributed by atoms with Crippen molar-refractivity contribution in [3.63, 3.8) is 0 Å². The number of likely N-dealkylation sites (N-methyl/N-ethyl adjacent to an activating group) is 1. The van der Waals surface area contributed by atoms with Gasteiger partial charge in [-0.2, -0.15) is 4.31 Å². The summed E-state index contributed by atoms with van der Waals surface area (Å²) in [6.07, 6.45) is 0. The second-order valence-corrected chi connectivity index (χ2v) is 9.46. The number of benzene rings is 2. The number of carbonyl (C=O) groups excluding carboxylic acids is 3. The van der Waals surface area contributed by atoms with Crippen molar-refractivity contribution >= 4 is 45.1 Å². The Kier molecular flexibility index (Phi) is 9.39. The lowest BCUT2D eigenvalue weighted by atomic mass is 10.2. The number of hydrogen-bond acceptors (Lipinski definition) is 6. The number of amides is 2. The van der Waals surface area contributed by atoms with E-state index in [2.05, 4.69) is 5.32 Å². The molecule has 0 unspecified atom stereocenters. The number of ether oxygens (including phenoxy) is 1. The summed E-state index contributed by atoms with van der Waals surface area (Å²) in [5.41, 5.74) is 0.919. The molecule has 0 saturated carbocycles. The quantitative estimate of drug-likeness (QED) is 0.507. The molecule has 0 bridgehead atoms. The Morgan fingerprint density at radius 3 is 2.09 bits per heavy atom. The Morgan fingerprint density at radius 2 is 1.55 bits per heavy atom. The third-order valence-electron chi connectivity index (χ3n) is 4.70. The maximum atomic E-state index is 12.5. The van der Waals surface area contributed by atoms with Gasteiger partial charge in [0.15, 0.2) is 6.61 Å². The Hall–Kier alpha value is -2.95. The molecule has 9 nitrogen and oxygen atoms in total. The number of carbonyl (C=O) groups is 3. The first-order valence-corrected chi connectivity index (χ1v) is 12.0. The maximum Gasteiger partial charge on any atom is 0.321 e. The molecule has 0 aliphatic carbocycles. The highest BCUT2D eigenvalue weighted by atomic mass is 35.5. The molecule has 1 N–H and O–H groups in total. The van der Waals surface area contributed by atoms with E-state index in [0.29, 0.717) is 29.4 Å². The molecule has 0 aliphatic heterocycles. The minimum atomic E-state index is -3.92. The zero-order valence-corrected chi connectivity index (χ0v) is 20.1. The van der Waals surface area contributed by atoms with E-state index in [0.717, 1.165) is 4.31 Å². The first-order valence-electron chi connectivity index (χ1n) is 10.1. The number of nitrogens with zero attached hydrogens (tertiary/aromatic N) is 2. The van der Waals surface area contributed by atoms with Crippen LogP contribution in [0.1, 0.15) is 24.2 Å². The van der Waals surface area contributed by atoms with E-state index >= 15 is 0 Å². The number of halogens is 1. The lowest BCUT2D eigenvalue weighted by Crippen LogP contribution is -2.34. The Bertz CT molecular complexity index is 1080. The number of nitrogens with one attached hydrogen (secondary N) is 1. The van der Waals surface area contributed by atoms with Crippen LogP contribution >= 0.6 is 11.6 Å². The molecule has 0 atom stereocenters. The largest absolute Gasteiger partial charge is 0.455 e. The minimum Gasteiger partial charge on any atom is -0.455 e. The van der Waals surface area contributed by atoms with Crippen molar-refractivity contribution in [1.29, 1.82) is 0 Å². The normalized spacial score (nSPS) is 11.2. The van der Waals surface area contributed by atoms with Crippen molar-refractivity contribution in [3.8, 4) is 0 Å². The van der Waals surface area contributed by atoms with Gasteiger partial charge in [-0.3, -0.25) is 14.4 Å². The highest BCUT2D eigenvalue weighted by molar-refractivity contribution is 7.89. The van der Waals surface area contributed by atoms with Crippen LogP contribution in [-0.4, -0.2) is 68.7 Å². The van der Waals surface area contributed by atoms with Gasteiger partial charge < -0.3 is 15.0 Å². The van der Waals surface area contributed by atoms with E-state index in [1.807, 2.05) is 13.8 Å². The van der Waals surface area contributed by atoms with Crippen molar-refractivity contribution in [2.75, 3.05) is 38.6 Å². The summed E-state index contributed by atoms with van der Waals surface area (Å²) in [6.45, 7) is 3.81. The molecule has 178 valence electrons. The van der Waals surface area contributed by atoms with Crippen LogP contribution in [-0.2, 0) is 24.3 Å². The number of rotatable bonds is 10. The Balaban J connectivity index is 1.86. The number of hydrogen-bond donors (Lipinski definition) is 1. The monoisotopic (exact) mass is 495 g/mol. The van der Waals surface area contributed by atoms with Gasteiger partial charge in [0, 0.05) is 36.4 Å². The summed E-state index contributed by atoms with van der Waals surface area (Å²) < 4.78 is 30.7. The van der Waals surface area contributed by atoms with E-state index in [1.165, 1.54) is 31.3 Å². The van der Waals surface area contributed by atoms with E-state index in [4.69, 9.17) is 16.3 Å². The third-order valence-corrected chi connectivity index (χ3v) is 6.77. The van der Waals surface area contributed by atoms with Gasteiger partial charge in [-0.05, 0) is 62.4 Å². The van der Waals surface area contributed by atoms with Gasteiger partial charge in [0.25, 0.3) is 11.8 Å². The topological polar surface area (TPSA) is 113 Å². The highest BCUT2D eigenvalue weighted by Crippen LogP contribution is 2.17. The van der Waals surface area contributed by atoms with Gasteiger partial charge in [0.05, 0.1) is 4.90 Å². The van der Waals surface area contributed by atoms with Crippen molar-refractivity contribution in [2.45, 2.75) is 18.7 Å². The summed E-state index contributed by atoms with van der Waals surface area (Å²) >= 11 is 5.76. The maximum absolute atomic E-state index is 12.5.